The van der Waals surface area contributed by atoms with E-state index in [1.165, 1.54) is 6.07 Å². The lowest BCUT2D eigenvalue weighted by atomic mass is 9.97. The molecule has 1 aliphatic rings. The molecule has 0 aromatic heterocycles. The normalized spacial score (nSPS) is 22.2. The van der Waals surface area contributed by atoms with Gasteiger partial charge in [0.1, 0.15) is 0 Å². The predicted octanol–water partition coefficient (Wildman–Crippen LogP) is 1.94. The predicted molar refractivity (Wildman–Crippen MR) is 75.3 cm³/mol. The fourth-order valence-corrected chi connectivity index (χ4v) is 2.67. The first-order chi connectivity index (χ1) is 9.00. The second-order valence-corrected chi connectivity index (χ2v) is 5.55. The summed E-state index contributed by atoms with van der Waals surface area (Å²) in [6.07, 6.45) is 0. The van der Waals surface area contributed by atoms with Gasteiger partial charge in [-0.15, -0.1) is 0 Å². The van der Waals surface area contributed by atoms with Crippen LogP contribution in [-0.4, -0.2) is 30.1 Å². The van der Waals surface area contributed by atoms with Gasteiger partial charge in [0, 0.05) is 11.0 Å². The van der Waals surface area contributed by atoms with Gasteiger partial charge in [-0.05, 0) is 40.5 Å². The Morgan fingerprint density at radius 3 is 2.74 bits per heavy atom. The second-order valence-electron chi connectivity index (χ2n) is 4.70. The summed E-state index contributed by atoms with van der Waals surface area (Å²) in [5.41, 5.74) is 0.403. The average Bonchev–Trinajstić information content (AvgIpc) is 2.77. The van der Waals surface area contributed by atoms with Gasteiger partial charge in [0.05, 0.1) is 17.2 Å². The molecule has 1 aromatic carbocycles. The minimum Gasteiger partial charge on any atom is -0.478 e. The largest absolute Gasteiger partial charge is 0.478 e. The Morgan fingerprint density at radius 2 is 2.16 bits per heavy atom. The summed E-state index contributed by atoms with van der Waals surface area (Å²) in [5.74, 6) is -1.09. The zero-order valence-electron chi connectivity index (χ0n) is 10.4. The number of nitrogens with one attached hydrogen (secondary N) is 2. The van der Waals surface area contributed by atoms with Gasteiger partial charge in [-0.3, -0.25) is 4.79 Å². The minimum absolute atomic E-state index is 0.0846. The number of anilines is 1. The summed E-state index contributed by atoms with van der Waals surface area (Å²) in [6, 6.07) is 4.81. The van der Waals surface area contributed by atoms with Crippen LogP contribution in [-0.2, 0) is 4.79 Å². The van der Waals surface area contributed by atoms with Crippen molar-refractivity contribution in [2.24, 2.45) is 11.8 Å². The maximum absolute atomic E-state index is 12.2. The van der Waals surface area contributed by atoms with E-state index in [1.54, 1.807) is 12.1 Å². The fraction of sp³-hybridized carbons (Fsp3) is 0.385. The van der Waals surface area contributed by atoms with Crippen molar-refractivity contribution < 1.29 is 14.7 Å². The molecule has 1 aromatic rings. The van der Waals surface area contributed by atoms with Crippen LogP contribution in [0.25, 0.3) is 0 Å². The van der Waals surface area contributed by atoms with Crippen molar-refractivity contribution in [1.82, 2.24) is 5.32 Å². The van der Waals surface area contributed by atoms with E-state index in [-0.39, 0.29) is 23.3 Å². The molecule has 1 saturated heterocycles. The molecule has 0 bridgehead atoms. The van der Waals surface area contributed by atoms with Crippen LogP contribution in [0.15, 0.2) is 22.7 Å². The molecule has 0 saturated carbocycles. The Kier molecular flexibility index (Phi) is 4.21. The third kappa shape index (κ3) is 2.96. The van der Waals surface area contributed by atoms with Gasteiger partial charge in [-0.2, -0.15) is 0 Å². The summed E-state index contributed by atoms with van der Waals surface area (Å²) >= 11 is 3.27. The van der Waals surface area contributed by atoms with Crippen molar-refractivity contribution in [1.29, 1.82) is 0 Å². The number of carboxylic acid groups (broad SMARTS) is 1. The molecule has 2 atom stereocenters. The molecule has 102 valence electrons. The average molecular weight is 327 g/mol. The Morgan fingerprint density at radius 1 is 1.42 bits per heavy atom. The molecule has 2 rings (SSSR count). The highest BCUT2D eigenvalue weighted by Crippen LogP contribution is 2.28. The second kappa shape index (κ2) is 5.71. The number of amides is 1. The van der Waals surface area contributed by atoms with Crippen LogP contribution in [0.2, 0.25) is 0 Å². The third-order valence-corrected chi connectivity index (χ3v) is 4.01. The molecule has 5 nitrogen and oxygen atoms in total. The van der Waals surface area contributed by atoms with E-state index >= 15 is 0 Å². The maximum atomic E-state index is 12.2. The Hall–Kier alpha value is -1.40. The summed E-state index contributed by atoms with van der Waals surface area (Å²) in [5, 5.41) is 15.0. The number of carbonyl (C=O) groups excluding carboxylic acids is 1. The number of hydrogen-bond donors (Lipinski definition) is 3. The van der Waals surface area contributed by atoms with Crippen molar-refractivity contribution in [3.05, 3.63) is 28.2 Å². The zero-order chi connectivity index (χ0) is 14.0. The minimum atomic E-state index is -1.06. The molecule has 3 N–H and O–H groups in total. The van der Waals surface area contributed by atoms with Crippen LogP contribution >= 0.6 is 15.9 Å². The van der Waals surface area contributed by atoms with Gasteiger partial charge in [-0.1, -0.05) is 13.0 Å². The number of benzene rings is 1. The molecular formula is C13H15BrN2O3. The molecule has 0 aliphatic carbocycles. The molecule has 0 unspecified atom stereocenters. The number of carbonyl (C=O) groups is 2. The van der Waals surface area contributed by atoms with E-state index in [9.17, 15) is 9.59 Å². The molecule has 19 heavy (non-hydrogen) atoms. The monoisotopic (exact) mass is 326 g/mol. The highest BCUT2D eigenvalue weighted by atomic mass is 79.9. The van der Waals surface area contributed by atoms with Crippen molar-refractivity contribution in [2.45, 2.75) is 6.92 Å². The number of carboxylic acids is 1. The molecular weight excluding hydrogens is 312 g/mol. The molecule has 6 heteroatoms. The Labute approximate surface area is 119 Å². The highest BCUT2D eigenvalue weighted by molar-refractivity contribution is 9.10. The highest BCUT2D eigenvalue weighted by Gasteiger charge is 2.30. The van der Waals surface area contributed by atoms with Crippen LogP contribution in [0.1, 0.15) is 17.3 Å². The van der Waals surface area contributed by atoms with Gasteiger partial charge < -0.3 is 15.7 Å². The smallest absolute Gasteiger partial charge is 0.337 e. The standard InChI is InChI=1S/C13H15BrN2O3/c1-7-5-15-6-9(7)12(17)16-11-8(13(18)19)3-2-4-10(11)14/h2-4,7,9,15H,5-6H2,1H3,(H,16,17)(H,18,19)/t7-,9-/m1/s1. The first kappa shape index (κ1) is 14.0. The number of hydrogen-bond acceptors (Lipinski definition) is 3. The van der Waals surface area contributed by atoms with E-state index in [0.717, 1.165) is 6.54 Å². The SMILES string of the molecule is C[C@@H]1CNC[C@H]1C(=O)Nc1c(Br)cccc1C(=O)O. The molecule has 1 aliphatic heterocycles. The fourth-order valence-electron chi connectivity index (χ4n) is 2.21. The Balaban J connectivity index is 2.23. The van der Waals surface area contributed by atoms with Crippen molar-refractivity contribution >= 4 is 33.5 Å². The molecule has 1 fully saturated rings. The van der Waals surface area contributed by atoms with E-state index < -0.39 is 5.97 Å². The van der Waals surface area contributed by atoms with E-state index in [1.807, 2.05) is 6.92 Å². The third-order valence-electron chi connectivity index (χ3n) is 3.35. The molecule has 1 heterocycles. The van der Waals surface area contributed by atoms with Crippen molar-refractivity contribution in [3.8, 4) is 0 Å². The topological polar surface area (TPSA) is 78.4 Å². The lowest BCUT2D eigenvalue weighted by Crippen LogP contribution is -2.28. The molecule has 0 spiro atoms. The lowest BCUT2D eigenvalue weighted by Gasteiger charge is -2.16. The van der Waals surface area contributed by atoms with Crippen LogP contribution in [0, 0.1) is 11.8 Å². The number of rotatable bonds is 3. The summed E-state index contributed by atoms with van der Waals surface area (Å²) < 4.78 is 0.569. The van der Waals surface area contributed by atoms with E-state index in [4.69, 9.17) is 5.11 Å². The van der Waals surface area contributed by atoms with Gasteiger partial charge >= 0.3 is 5.97 Å². The van der Waals surface area contributed by atoms with Crippen LogP contribution in [0.4, 0.5) is 5.69 Å². The van der Waals surface area contributed by atoms with Crippen LogP contribution in [0.5, 0.6) is 0 Å². The van der Waals surface area contributed by atoms with Gasteiger partial charge in [0.2, 0.25) is 5.91 Å². The van der Waals surface area contributed by atoms with Crippen LogP contribution in [0.3, 0.4) is 0 Å². The number of halogens is 1. The maximum Gasteiger partial charge on any atom is 0.337 e. The van der Waals surface area contributed by atoms with Crippen molar-refractivity contribution in [3.63, 3.8) is 0 Å². The van der Waals surface area contributed by atoms with E-state index in [2.05, 4.69) is 26.6 Å². The summed E-state index contributed by atoms with van der Waals surface area (Å²) in [6.45, 7) is 3.43. The van der Waals surface area contributed by atoms with Gasteiger partial charge in [0.25, 0.3) is 0 Å². The first-order valence-corrected chi connectivity index (χ1v) is 6.83. The number of para-hydroxylation sites is 1. The first-order valence-electron chi connectivity index (χ1n) is 6.04. The van der Waals surface area contributed by atoms with Crippen LogP contribution < -0.4 is 10.6 Å². The van der Waals surface area contributed by atoms with Gasteiger partial charge in [-0.25, -0.2) is 4.79 Å². The quantitative estimate of drug-likeness (QED) is 0.793. The zero-order valence-corrected chi connectivity index (χ0v) is 12.0. The Bertz CT molecular complexity index is 519. The number of aromatic carboxylic acids is 1. The summed E-state index contributed by atoms with van der Waals surface area (Å²) in [4.78, 5) is 23.3. The van der Waals surface area contributed by atoms with Gasteiger partial charge in [0.15, 0.2) is 0 Å². The van der Waals surface area contributed by atoms with E-state index in [0.29, 0.717) is 16.7 Å². The lowest BCUT2D eigenvalue weighted by molar-refractivity contribution is -0.120. The van der Waals surface area contributed by atoms with Crippen molar-refractivity contribution in [2.75, 3.05) is 18.4 Å². The summed E-state index contributed by atoms with van der Waals surface area (Å²) in [7, 11) is 0. The molecule has 0 radical (unpaired) electrons. The molecule has 1 amide bonds.